The lowest BCUT2D eigenvalue weighted by atomic mass is 10.1. The third-order valence-electron chi connectivity index (χ3n) is 4.35. The highest BCUT2D eigenvalue weighted by Crippen LogP contribution is 2.25. The van der Waals surface area contributed by atoms with Gasteiger partial charge in [0, 0.05) is 18.5 Å². The maximum atomic E-state index is 12.4. The van der Waals surface area contributed by atoms with Crippen molar-refractivity contribution >= 4 is 34.8 Å². The SMILES string of the molecule is Cc1ccc(C)c(N2N=C(C(=O)NCC(=O)Nc3ccccc3)CCC2=O)c1. The molecule has 0 saturated carbocycles. The van der Waals surface area contributed by atoms with E-state index in [9.17, 15) is 14.4 Å². The minimum atomic E-state index is -0.453. The van der Waals surface area contributed by atoms with E-state index in [4.69, 9.17) is 0 Å². The zero-order valence-corrected chi connectivity index (χ0v) is 15.9. The highest BCUT2D eigenvalue weighted by Gasteiger charge is 2.26. The molecule has 2 aromatic carbocycles. The van der Waals surface area contributed by atoms with Crippen LogP contribution in [-0.2, 0) is 14.4 Å². The largest absolute Gasteiger partial charge is 0.342 e. The van der Waals surface area contributed by atoms with Crippen LogP contribution in [-0.4, -0.2) is 30.0 Å². The molecule has 7 nitrogen and oxygen atoms in total. The zero-order valence-electron chi connectivity index (χ0n) is 15.9. The summed E-state index contributed by atoms with van der Waals surface area (Å²) in [4.78, 5) is 36.7. The molecule has 0 unspecified atom stereocenters. The van der Waals surface area contributed by atoms with Crippen molar-refractivity contribution in [3.63, 3.8) is 0 Å². The second kappa shape index (κ2) is 8.47. The predicted molar refractivity (Wildman–Crippen MR) is 108 cm³/mol. The zero-order chi connectivity index (χ0) is 20.1. The van der Waals surface area contributed by atoms with E-state index in [0.29, 0.717) is 11.4 Å². The number of rotatable bonds is 5. The van der Waals surface area contributed by atoms with Gasteiger partial charge in [-0.25, -0.2) is 5.01 Å². The van der Waals surface area contributed by atoms with Crippen molar-refractivity contribution in [2.24, 2.45) is 5.10 Å². The van der Waals surface area contributed by atoms with Crippen LogP contribution in [0.5, 0.6) is 0 Å². The Labute approximate surface area is 163 Å². The van der Waals surface area contributed by atoms with E-state index in [1.54, 1.807) is 12.1 Å². The van der Waals surface area contributed by atoms with Gasteiger partial charge in [-0.1, -0.05) is 30.3 Å². The molecule has 1 heterocycles. The number of para-hydroxylation sites is 1. The Kier molecular flexibility index (Phi) is 5.84. The fourth-order valence-corrected chi connectivity index (χ4v) is 2.84. The van der Waals surface area contributed by atoms with Gasteiger partial charge >= 0.3 is 0 Å². The van der Waals surface area contributed by atoms with Crippen molar-refractivity contribution in [2.45, 2.75) is 26.7 Å². The number of nitrogens with zero attached hydrogens (tertiary/aromatic N) is 2. The van der Waals surface area contributed by atoms with E-state index >= 15 is 0 Å². The summed E-state index contributed by atoms with van der Waals surface area (Å²) >= 11 is 0. The molecule has 0 fully saturated rings. The second-order valence-electron chi connectivity index (χ2n) is 6.64. The van der Waals surface area contributed by atoms with Gasteiger partial charge in [0.05, 0.1) is 12.2 Å². The van der Waals surface area contributed by atoms with Crippen LogP contribution in [0.1, 0.15) is 24.0 Å². The summed E-state index contributed by atoms with van der Waals surface area (Å²) < 4.78 is 0. The number of hydrogen-bond donors (Lipinski definition) is 2. The number of anilines is 2. The van der Waals surface area contributed by atoms with Crippen molar-refractivity contribution in [3.8, 4) is 0 Å². The highest BCUT2D eigenvalue weighted by molar-refractivity contribution is 6.40. The summed E-state index contributed by atoms with van der Waals surface area (Å²) in [6.07, 6.45) is 0.433. The molecule has 7 heteroatoms. The fourth-order valence-electron chi connectivity index (χ4n) is 2.84. The molecule has 0 spiro atoms. The Hall–Kier alpha value is -3.48. The average molecular weight is 378 g/mol. The molecule has 2 aromatic rings. The summed E-state index contributed by atoms with van der Waals surface area (Å²) in [6, 6.07) is 14.7. The average Bonchev–Trinajstić information content (AvgIpc) is 2.69. The Morgan fingerprint density at radius 3 is 2.57 bits per heavy atom. The van der Waals surface area contributed by atoms with E-state index in [-0.39, 0.29) is 36.9 Å². The summed E-state index contributed by atoms with van der Waals surface area (Å²) in [7, 11) is 0. The van der Waals surface area contributed by atoms with Crippen LogP contribution in [0.4, 0.5) is 11.4 Å². The van der Waals surface area contributed by atoms with Crippen LogP contribution in [0, 0.1) is 13.8 Å². The molecule has 3 rings (SSSR count). The monoisotopic (exact) mass is 378 g/mol. The van der Waals surface area contributed by atoms with E-state index < -0.39 is 5.91 Å². The van der Waals surface area contributed by atoms with Crippen molar-refractivity contribution in [1.82, 2.24) is 5.32 Å². The van der Waals surface area contributed by atoms with Crippen molar-refractivity contribution < 1.29 is 14.4 Å². The van der Waals surface area contributed by atoms with Crippen molar-refractivity contribution in [1.29, 1.82) is 0 Å². The topological polar surface area (TPSA) is 90.9 Å². The fraction of sp³-hybridized carbons (Fsp3) is 0.238. The molecule has 1 aliphatic rings. The van der Waals surface area contributed by atoms with Gasteiger partial charge in [-0.2, -0.15) is 5.10 Å². The lowest BCUT2D eigenvalue weighted by molar-refractivity contribution is -0.120. The molecule has 144 valence electrons. The third-order valence-corrected chi connectivity index (χ3v) is 4.35. The van der Waals surface area contributed by atoms with E-state index in [2.05, 4.69) is 15.7 Å². The second-order valence-corrected chi connectivity index (χ2v) is 6.64. The van der Waals surface area contributed by atoms with Gasteiger partial charge in [0.1, 0.15) is 5.71 Å². The Bertz CT molecular complexity index is 938. The van der Waals surface area contributed by atoms with Crippen LogP contribution < -0.4 is 15.6 Å². The van der Waals surface area contributed by atoms with Gasteiger partial charge in [0.25, 0.3) is 5.91 Å². The molecule has 28 heavy (non-hydrogen) atoms. The van der Waals surface area contributed by atoms with Gasteiger partial charge in [0.2, 0.25) is 11.8 Å². The van der Waals surface area contributed by atoms with Crippen molar-refractivity contribution in [3.05, 3.63) is 59.7 Å². The van der Waals surface area contributed by atoms with Crippen LogP contribution in [0.15, 0.2) is 53.6 Å². The first-order valence-electron chi connectivity index (χ1n) is 9.05. The number of amides is 3. The molecule has 0 radical (unpaired) electrons. The number of nitrogens with one attached hydrogen (secondary N) is 2. The molecule has 0 bridgehead atoms. The summed E-state index contributed by atoms with van der Waals surface area (Å²) in [5.74, 6) is -0.948. The quantitative estimate of drug-likeness (QED) is 0.838. The van der Waals surface area contributed by atoms with Crippen LogP contribution in [0.2, 0.25) is 0 Å². The lowest BCUT2D eigenvalue weighted by Crippen LogP contribution is -2.41. The Balaban J connectivity index is 1.66. The molecular formula is C21H22N4O3. The first-order chi connectivity index (χ1) is 13.4. The number of carbonyl (C=O) groups is 3. The first-order valence-corrected chi connectivity index (χ1v) is 9.05. The summed E-state index contributed by atoms with van der Waals surface area (Å²) in [5.41, 5.74) is 3.44. The predicted octanol–water partition coefficient (Wildman–Crippen LogP) is 2.54. The van der Waals surface area contributed by atoms with E-state index in [0.717, 1.165) is 11.1 Å². The van der Waals surface area contributed by atoms with E-state index in [1.165, 1.54) is 5.01 Å². The maximum Gasteiger partial charge on any atom is 0.267 e. The Morgan fingerprint density at radius 2 is 1.82 bits per heavy atom. The van der Waals surface area contributed by atoms with Gasteiger partial charge < -0.3 is 10.6 Å². The third kappa shape index (κ3) is 4.62. The number of benzene rings is 2. The first kappa shape index (κ1) is 19.3. The molecule has 1 aliphatic heterocycles. The molecule has 0 saturated heterocycles. The minimum absolute atomic E-state index is 0.160. The van der Waals surface area contributed by atoms with Gasteiger partial charge in [-0.3, -0.25) is 14.4 Å². The Morgan fingerprint density at radius 1 is 1.07 bits per heavy atom. The number of hydrogen-bond acceptors (Lipinski definition) is 4. The number of hydrazone groups is 1. The van der Waals surface area contributed by atoms with Crippen molar-refractivity contribution in [2.75, 3.05) is 16.9 Å². The summed E-state index contributed by atoms with van der Waals surface area (Å²) in [5, 5.41) is 10.8. The van der Waals surface area contributed by atoms with Gasteiger partial charge in [-0.15, -0.1) is 0 Å². The van der Waals surface area contributed by atoms with Crippen LogP contribution in [0.25, 0.3) is 0 Å². The minimum Gasteiger partial charge on any atom is -0.342 e. The molecule has 0 aromatic heterocycles. The number of aryl methyl sites for hydroxylation is 2. The molecule has 0 aliphatic carbocycles. The summed E-state index contributed by atoms with van der Waals surface area (Å²) in [6.45, 7) is 3.64. The number of carbonyl (C=O) groups excluding carboxylic acids is 3. The molecule has 2 N–H and O–H groups in total. The highest BCUT2D eigenvalue weighted by atomic mass is 16.2. The lowest BCUT2D eigenvalue weighted by Gasteiger charge is -2.24. The molecule has 0 atom stereocenters. The van der Waals surface area contributed by atoms with Gasteiger partial charge in [-0.05, 0) is 43.2 Å². The van der Waals surface area contributed by atoms with E-state index in [1.807, 2.05) is 50.2 Å². The maximum absolute atomic E-state index is 12.4. The van der Waals surface area contributed by atoms with Gasteiger partial charge in [0.15, 0.2) is 0 Å². The smallest absolute Gasteiger partial charge is 0.267 e. The standard InChI is InChI=1S/C21H22N4O3/c1-14-8-9-15(2)18(12-14)25-20(27)11-10-17(24-25)21(28)22-13-19(26)23-16-6-4-3-5-7-16/h3-9,12H,10-11,13H2,1-2H3,(H,22,28)(H,23,26). The van der Waals surface area contributed by atoms with Crippen LogP contribution >= 0.6 is 0 Å². The normalized spacial score (nSPS) is 13.7. The molecular weight excluding hydrogens is 356 g/mol. The van der Waals surface area contributed by atoms with Crippen LogP contribution in [0.3, 0.4) is 0 Å². The molecule has 3 amide bonds.